The Morgan fingerprint density at radius 2 is 2.36 bits per heavy atom. The molecule has 0 bridgehead atoms. The number of fused-ring (bicyclic) bond motifs is 1. The van der Waals surface area contributed by atoms with E-state index in [0.717, 1.165) is 18.4 Å². The molecular weight excluding hydrogens is 280 g/mol. The van der Waals surface area contributed by atoms with Gasteiger partial charge in [-0.25, -0.2) is 9.97 Å². The number of nitrogens with zero attached hydrogens (tertiary/aromatic N) is 2. The largest absolute Gasteiger partial charge is 0.376 e. The van der Waals surface area contributed by atoms with Crippen molar-refractivity contribution < 1.29 is 9.53 Å². The van der Waals surface area contributed by atoms with Crippen LogP contribution in [0.5, 0.6) is 0 Å². The number of carbonyl (C=O) groups excluding carboxylic acids is 1. The van der Waals surface area contributed by atoms with E-state index in [1.807, 2.05) is 0 Å². The molecule has 1 atom stereocenters. The van der Waals surface area contributed by atoms with Crippen molar-refractivity contribution in [2.45, 2.75) is 38.2 Å². The Morgan fingerprint density at radius 1 is 1.45 bits per heavy atom. The molecule has 2 fully saturated rings. The fourth-order valence-corrected chi connectivity index (χ4v) is 3.50. The zero-order valence-corrected chi connectivity index (χ0v) is 12.5. The molecule has 1 amide bonds. The van der Waals surface area contributed by atoms with Gasteiger partial charge in [0.1, 0.15) is 12.0 Å². The highest BCUT2D eigenvalue weighted by Crippen LogP contribution is 2.47. The summed E-state index contributed by atoms with van der Waals surface area (Å²) in [5, 5.41) is 3.72. The molecule has 1 spiro atoms. The van der Waals surface area contributed by atoms with Gasteiger partial charge in [-0.1, -0.05) is 6.42 Å². The van der Waals surface area contributed by atoms with Gasteiger partial charge in [-0.05, 0) is 31.1 Å². The lowest BCUT2D eigenvalue weighted by Crippen LogP contribution is -2.44. The lowest BCUT2D eigenvalue weighted by atomic mass is 9.65. The third-order valence-corrected chi connectivity index (χ3v) is 5.13. The quantitative estimate of drug-likeness (QED) is 0.909. The minimum atomic E-state index is -0.103. The van der Waals surface area contributed by atoms with Crippen LogP contribution in [0.1, 0.15) is 42.5 Å². The third-order valence-electron chi connectivity index (χ3n) is 5.13. The van der Waals surface area contributed by atoms with Crippen molar-refractivity contribution in [1.29, 1.82) is 0 Å². The van der Waals surface area contributed by atoms with Gasteiger partial charge in [0.25, 0.3) is 5.91 Å². The Labute approximate surface area is 128 Å². The monoisotopic (exact) mass is 300 g/mol. The van der Waals surface area contributed by atoms with E-state index in [-0.39, 0.29) is 12.0 Å². The molecule has 1 unspecified atom stereocenters. The maximum absolute atomic E-state index is 12.3. The van der Waals surface area contributed by atoms with Crippen molar-refractivity contribution in [1.82, 2.24) is 20.3 Å². The molecule has 4 rings (SSSR count). The molecule has 1 saturated heterocycles. The molecule has 116 valence electrons. The first-order valence-corrected chi connectivity index (χ1v) is 7.93. The van der Waals surface area contributed by atoms with Gasteiger partial charge in [-0.3, -0.25) is 4.79 Å². The molecule has 3 heterocycles. The number of rotatable bonds is 3. The fraction of sp³-hybridized carbons (Fsp3) is 0.562. The van der Waals surface area contributed by atoms with Crippen molar-refractivity contribution in [2.75, 3.05) is 13.2 Å². The average molecular weight is 300 g/mol. The smallest absolute Gasteiger partial charge is 0.253 e. The summed E-state index contributed by atoms with van der Waals surface area (Å²) in [6.45, 7) is 1.42. The Morgan fingerprint density at radius 3 is 3.09 bits per heavy atom. The first-order chi connectivity index (χ1) is 10.8. The second-order valence-electron chi connectivity index (χ2n) is 6.52. The Kier molecular flexibility index (Phi) is 3.33. The molecule has 1 aliphatic carbocycles. The zero-order valence-electron chi connectivity index (χ0n) is 12.5. The topological polar surface area (TPSA) is 79.9 Å². The summed E-state index contributed by atoms with van der Waals surface area (Å²) >= 11 is 0. The summed E-state index contributed by atoms with van der Waals surface area (Å²) in [7, 11) is 0. The predicted octanol–water partition coefficient (Wildman–Crippen LogP) is 2.04. The van der Waals surface area contributed by atoms with E-state index in [2.05, 4.69) is 20.3 Å². The number of hydrogen-bond acceptors (Lipinski definition) is 4. The SMILES string of the molecule is O=C(NCC1CCC2(CCC2)CO1)c1c[nH]c2ncncc12. The van der Waals surface area contributed by atoms with E-state index in [9.17, 15) is 4.79 Å². The number of nitrogens with one attached hydrogen (secondary N) is 2. The van der Waals surface area contributed by atoms with Crippen LogP contribution in [0.3, 0.4) is 0 Å². The second-order valence-corrected chi connectivity index (χ2v) is 6.52. The number of H-pyrrole nitrogens is 1. The molecule has 22 heavy (non-hydrogen) atoms. The second kappa shape index (κ2) is 5.35. The average Bonchev–Trinajstić information content (AvgIpc) is 2.96. The lowest BCUT2D eigenvalue weighted by Gasteiger charge is -2.46. The van der Waals surface area contributed by atoms with Gasteiger partial charge in [-0.15, -0.1) is 0 Å². The van der Waals surface area contributed by atoms with Gasteiger partial charge in [0.15, 0.2) is 0 Å². The summed E-state index contributed by atoms with van der Waals surface area (Å²) < 4.78 is 5.94. The number of carbonyl (C=O) groups is 1. The van der Waals surface area contributed by atoms with Gasteiger partial charge >= 0.3 is 0 Å². The third kappa shape index (κ3) is 2.37. The number of aromatic amines is 1. The van der Waals surface area contributed by atoms with Gasteiger partial charge < -0.3 is 15.0 Å². The van der Waals surface area contributed by atoms with Gasteiger partial charge in [0.05, 0.1) is 18.3 Å². The van der Waals surface area contributed by atoms with Crippen molar-refractivity contribution >= 4 is 16.9 Å². The van der Waals surface area contributed by atoms with E-state index >= 15 is 0 Å². The normalized spacial score (nSPS) is 23.4. The maximum Gasteiger partial charge on any atom is 0.253 e. The van der Waals surface area contributed by atoms with Crippen molar-refractivity contribution in [3.05, 3.63) is 24.3 Å². The fourth-order valence-electron chi connectivity index (χ4n) is 3.50. The van der Waals surface area contributed by atoms with Gasteiger partial charge in [0, 0.05) is 24.3 Å². The van der Waals surface area contributed by atoms with E-state index in [0.29, 0.717) is 23.2 Å². The summed E-state index contributed by atoms with van der Waals surface area (Å²) in [6.07, 6.45) is 11.2. The van der Waals surface area contributed by atoms with Crippen LogP contribution in [-0.4, -0.2) is 40.1 Å². The highest BCUT2D eigenvalue weighted by Gasteiger charge is 2.40. The number of aromatic nitrogens is 3. The molecule has 2 N–H and O–H groups in total. The zero-order chi connectivity index (χ0) is 15.0. The van der Waals surface area contributed by atoms with E-state index in [4.69, 9.17) is 4.74 Å². The van der Waals surface area contributed by atoms with Gasteiger partial charge in [0.2, 0.25) is 0 Å². The number of ether oxygens (including phenoxy) is 1. The molecule has 0 radical (unpaired) electrons. The van der Waals surface area contributed by atoms with Crippen LogP contribution < -0.4 is 5.32 Å². The van der Waals surface area contributed by atoms with Crippen LogP contribution in [-0.2, 0) is 4.74 Å². The minimum Gasteiger partial charge on any atom is -0.376 e. The molecule has 2 aromatic heterocycles. The van der Waals surface area contributed by atoms with E-state index < -0.39 is 0 Å². The van der Waals surface area contributed by atoms with Crippen LogP contribution in [0.15, 0.2) is 18.7 Å². The Balaban J connectivity index is 1.35. The Hall–Kier alpha value is -1.95. The van der Waals surface area contributed by atoms with E-state index in [1.54, 1.807) is 12.4 Å². The lowest BCUT2D eigenvalue weighted by molar-refractivity contribution is -0.0939. The van der Waals surface area contributed by atoms with Gasteiger partial charge in [-0.2, -0.15) is 0 Å². The van der Waals surface area contributed by atoms with Crippen LogP contribution >= 0.6 is 0 Å². The maximum atomic E-state index is 12.3. The van der Waals surface area contributed by atoms with Crippen LogP contribution in [0.4, 0.5) is 0 Å². The van der Waals surface area contributed by atoms with E-state index in [1.165, 1.54) is 32.0 Å². The van der Waals surface area contributed by atoms with Crippen molar-refractivity contribution in [3.63, 3.8) is 0 Å². The molecule has 0 aromatic carbocycles. The molecule has 6 nitrogen and oxygen atoms in total. The molecule has 1 saturated carbocycles. The Bertz CT molecular complexity index is 682. The first-order valence-electron chi connectivity index (χ1n) is 7.93. The van der Waals surface area contributed by atoms with Crippen LogP contribution in [0, 0.1) is 5.41 Å². The van der Waals surface area contributed by atoms with Crippen molar-refractivity contribution in [3.8, 4) is 0 Å². The summed E-state index contributed by atoms with van der Waals surface area (Å²) in [4.78, 5) is 23.4. The highest BCUT2D eigenvalue weighted by atomic mass is 16.5. The van der Waals surface area contributed by atoms with Crippen molar-refractivity contribution in [2.24, 2.45) is 5.41 Å². The number of hydrogen-bond donors (Lipinski definition) is 2. The molecule has 6 heteroatoms. The number of amides is 1. The standard InChI is InChI=1S/C16H20N4O2/c21-15(13-8-18-14-12(13)7-17-10-20-14)19-6-11-2-5-16(9-22-11)3-1-4-16/h7-8,10-11H,1-6,9H2,(H,19,21)(H,17,18,20). The highest BCUT2D eigenvalue weighted by molar-refractivity contribution is 6.05. The summed E-state index contributed by atoms with van der Waals surface area (Å²) in [5.41, 5.74) is 1.73. The predicted molar refractivity (Wildman–Crippen MR) is 81.5 cm³/mol. The minimum absolute atomic E-state index is 0.103. The summed E-state index contributed by atoms with van der Waals surface area (Å²) in [5.74, 6) is -0.103. The first kappa shape index (κ1) is 13.7. The van der Waals surface area contributed by atoms with Crippen LogP contribution in [0.25, 0.3) is 11.0 Å². The molecule has 2 aromatic rings. The molecule has 1 aliphatic heterocycles. The van der Waals surface area contributed by atoms with Crippen LogP contribution in [0.2, 0.25) is 0 Å². The molecular formula is C16H20N4O2. The molecule has 2 aliphatic rings. The summed E-state index contributed by atoms with van der Waals surface area (Å²) in [6, 6.07) is 0.